The summed E-state index contributed by atoms with van der Waals surface area (Å²) in [6.45, 7) is 8.63. The van der Waals surface area contributed by atoms with E-state index in [9.17, 15) is 0 Å². The zero-order chi connectivity index (χ0) is 22.2. The number of nitrogens with one attached hydrogen (secondary N) is 3. The van der Waals surface area contributed by atoms with Gasteiger partial charge in [0.05, 0.1) is 0 Å². The molecule has 0 radical (unpaired) electrons. The number of guanidine groups is 1. The summed E-state index contributed by atoms with van der Waals surface area (Å²) in [6, 6.07) is 18.3. The maximum atomic E-state index is 5.52. The molecule has 1 heterocycles. The molecule has 0 bridgehead atoms. The van der Waals surface area contributed by atoms with Crippen molar-refractivity contribution in [3.8, 4) is 0 Å². The average molecular weight is 433 g/mol. The second-order valence-corrected chi connectivity index (χ2v) is 7.85. The van der Waals surface area contributed by atoms with Gasteiger partial charge in [-0.15, -0.1) is 0 Å². The minimum Gasteiger partial charge on any atom is -0.332 e. The lowest BCUT2D eigenvalue weighted by molar-refractivity contribution is 0.956. The molecule has 2 aromatic carbocycles. The number of aromatic nitrogens is 2. The summed E-state index contributed by atoms with van der Waals surface area (Å²) in [5.74, 6) is 0.986. The molecule has 0 unspecified atom stereocenters. The molecule has 160 valence electrons. The highest BCUT2D eigenvalue weighted by molar-refractivity contribution is 7.80. The third-order valence-corrected chi connectivity index (χ3v) is 4.93. The fourth-order valence-electron chi connectivity index (χ4n) is 3.03. The molecule has 0 aliphatic heterocycles. The molecule has 6 nitrogen and oxygen atoms in total. The molecule has 0 aliphatic rings. The van der Waals surface area contributed by atoms with Crippen LogP contribution in [0, 0.1) is 27.7 Å². The largest absolute Gasteiger partial charge is 0.332 e. The Morgan fingerprint density at radius 1 is 0.871 bits per heavy atom. The van der Waals surface area contributed by atoms with Crippen LogP contribution in [0.15, 0.2) is 59.6 Å². The zero-order valence-electron chi connectivity index (χ0n) is 18.4. The van der Waals surface area contributed by atoms with Gasteiger partial charge in [-0.3, -0.25) is 10.3 Å². The van der Waals surface area contributed by atoms with Gasteiger partial charge in [-0.2, -0.15) is 0 Å². The fourth-order valence-corrected chi connectivity index (χ4v) is 3.24. The first-order valence-corrected chi connectivity index (χ1v) is 10.6. The summed E-state index contributed by atoms with van der Waals surface area (Å²) in [5.41, 5.74) is 6.35. The third kappa shape index (κ3) is 7.15. The quantitative estimate of drug-likeness (QED) is 0.308. The van der Waals surface area contributed by atoms with Crippen molar-refractivity contribution >= 4 is 34.9 Å². The van der Waals surface area contributed by atoms with E-state index in [2.05, 4.69) is 69.0 Å². The van der Waals surface area contributed by atoms with E-state index in [0.717, 1.165) is 23.5 Å². The van der Waals surface area contributed by atoms with Crippen LogP contribution in [0.5, 0.6) is 0 Å². The molecule has 7 heteroatoms. The van der Waals surface area contributed by atoms with Gasteiger partial charge in [0, 0.05) is 23.6 Å². The number of rotatable bonds is 5. The van der Waals surface area contributed by atoms with Gasteiger partial charge in [-0.05, 0) is 81.2 Å². The number of hydrogen-bond acceptors (Lipinski definition) is 4. The normalized spacial score (nSPS) is 11.2. The van der Waals surface area contributed by atoms with E-state index in [1.165, 1.54) is 16.7 Å². The van der Waals surface area contributed by atoms with Crippen LogP contribution in [0.2, 0.25) is 0 Å². The first kappa shape index (κ1) is 22.4. The van der Waals surface area contributed by atoms with Crippen molar-refractivity contribution in [2.24, 2.45) is 4.99 Å². The number of aryl methyl sites for hydroxylation is 4. The van der Waals surface area contributed by atoms with Crippen molar-refractivity contribution in [2.75, 3.05) is 17.2 Å². The topological polar surface area (TPSA) is 74.2 Å². The van der Waals surface area contributed by atoms with Crippen LogP contribution in [-0.2, 0) is 6.42 Å². The van der Waals surface area contributed by atoms with Crippen molar-refractivity contribution < 1.29 is 0 Å². The van der Waals surface area contributed by atoms with Gasteiger partial charge in [-0.1, -0.05) is 36.4 Å². The van der Waals surface area contributed by atoms with E-state index in [-0.39, 0.29) is 0 Å². The molecular formula is C24H28N6S. The Morgan fingerprint density at radius 2 is 1.58 bits per heavy atom. The Kier molecular flexibility index (Phi) is 7.67. The molecule has 3 rings (SSSR count). The van der Waals surface area contributed by atoms with E-state index in [0.29, 0.717) is 23.6 Å². The first-order chi connectivity index (χ1) is 14.9. The van der Waals surface area contributed by atoms with Crippen LogP contribution in [0.4, 0.5) is 11.6 Å². The van der Waals surface area contributed by atoms with E-state index >= 15 is 0 Å². The molecule has 0 aliphatic carbocycles. The van der Waals surface area contributed by atoms with E-state index in [1.54, 1.807) is 0 Å². The molecule has 0 spiro atoms. The molecule has 0 saturated carbocycles. The number of nitrogens with zero attached hydrogens (tertiary/aromatic N) is 3. The SMILES string of the molecule is Cc1cc(C)nc(NC(=NCCc2ccccc2)NC(=S)Nc2ccc(C)c(C)c2)n1. The third-order valence-electron chi connectivity index (χ3n) is 4.72. The lowest BCUT2D eigenvalue weighted by Crippen LogP contribution is -2.39. The highest BCUT2D eigenvalue weighted by atomic mass is 32.1. The van der Waals surface area contributed by atoms with Gasteiger partial charge >= 0.3 is 0 Å². The molecule has 1 aromatic heterocycles. The van der Waals surface area contributed by atoms with E-state index < -0.39 is 0 Å². The predicted octanol–water partition coefficient (Wildman–Crippen LogP) is 4.71. The Morgan fingerprint density at radius 3 is 2.26 bits per heavy atom. The lowest BCUT2D eigenvalue weighted by Gasteiger charge is -2.15. The zero-order valence-corrected chi connectivity index (χ0v) is 19.2. The smallest absolute Gasteiger partial charge is 0.229 e. The summed E-state index contributed by atoms with van der Waals surface area (Å²) in [4.78, 5) is 13.6. The molecule has 0 fully saturated rings. The highest BCUT2D eigenvalue weighted by Gasteiger charge is 2.08. The Bertz CT molecular complexity index is 1060. The first-order valence-electron chi connectivity index (χ1n) is 10.2. The van der Waals surface area contributed by atoms with E-state index in [1.807, 2.05) is 44.2 Å². The summed E-state index contributed by atoms with van der Waals surface area (Å²) >= 11 is 5.52. The van der Waals surface area contributed by atoms with Gasteiger partial charge in [0.1, 0.15) is 0 Å². The number of benzene rings is 2. The molecule has 0 amide bonds. The number of aliphatic imine (C=N–C) groups is 1. The minimum atomic E-state index is 0.443. The molecular weight excluding hydrogens is 404 g/mol. The second kappa shape index (κ2) is 10.6. The fraction of sp³-hybridized carbons (Fsp3) is 0.250. The molecule has 31 heavy (non-hydrogen) atoms. The van der Waals surface area contributed by atoms with Crippen molar-refractivity contribution in [3.05, 3.63) is 82.7 Å². The predicted molar refractivity (Wildman–Crippen MR) is 133 cm³/mol. The number of thiocarbonyl (C=S) groups is 1. The summed E-state index contributed by atoms with van der Waals surface area (Å²) in [5, 5.41) is 9.98. The van der Waals surface area contributed by atoms with E-state index in [4.69, 9.17) is 12.2 Å². The summed E-state index contributed by atoms with van der Waals surface area (Å²) in [7, 11) is 0. The molecule has 0 saturated heterocycles. The highest BCUT2D eigenvalue weighted by Crippen LogP contribution is 2.14. The number of anilines is 2. The second-order valence-electron chi connectivity index (χ2n) is 7.44. The average Bonchev–Trinajstić information content (AvgIpc) is 2.70. The van der Waals surface area contributed by atoms with Crippen LogP contribution in [0.3, 0.4) is 0 Å². The van der Waals surface area contributed by atoms with Crippen molar-refractivity contribution in [1.82, 2.24) is 15.3 Å². The Balaban J connectivity index is 1.72. The van der Waals surface area contributed by atoms with Crippen molar-refractivity contribution in [3.63, 3.8) is 0 Å². The van der Waals surface area contributed by atoms with Gasteiger partial charge in [-0.25, -0.2) is 9.97 Å². The standard InChI is InChI=1S/C24H28N6S/c1-16-10-11-21(14-17(16)2)28-24(31)30-22(25-13-12-20-8-6-5-7-9-20)29-23-26-18(3)15-19(4)27-23/h5-11,14-15H,12-13H2,1-4H3,(H3,25,26,27,28,29,30,31). The monoisotopic (exact) mass is 432 g/mol. The molecule has 3 aromatic rings. The van der Waals surface area contributed by atoms with Crippen LogP contribution in [0.1, 0.15) is 28.1 Å². The minimum absolute atomic E-state index is 0.443. The maximum absolute atomic E-state index is 5.52. The van der Waals surface area contributed by atoms with Crippen molar-refractivity contribution in [1.29, 1.82) is 0 Å². The molecule has 3 N–H and O–H groups in total. The summed E-state index contributed by atoms with van der Waals surface area (Å²) in [6.07, 6.45) is 0.818. The van der Waals surface area contributed by atoms with Crippen LogP contribution >= 0.6 is 12.2 Å². The number of hydrogen-bond donors (Lipinski definition) is 3. The van der Waals surface area contributed by atoms with Gasteiger partial charge < -0.3 is 10.6 Å². The Labute approximate surface area is 189 Å². The molecule has 0 atom stereocenters. The van der Waals surface area contributed by atoms with Gasteiger partial charge in [0.25, 0.3) is 0 Å². The van der Waals surface area contributed by atoms with Crippen LogP contribution in [0.25, 0.3) is 0 Å². The van der Waals surface area contributed by atoms with Crippen LogP contribution in [-0.4, -0.2) is 27.6 Å². The van der Waals surface area contributed by atoms with Gasteiger partial charge in [0.15, 0.2) is 5.11 Å². The summed E-state index contributed by atoms with van der Waals surface area (Å²) < 4.78 is 0. The maximum Gasteiger partial charge on any atom is 0.229 e. The Hall–Kier alpha value is -3.32. The van der Waals surface area contributed by atoms with Crippen LogP contribution < -0.4 is 16.0 Å². The van der Waals surface area contributed by atoms with Crippen molar-refractivity contribution in [2.45, 2.75) is 34.1 Å². The lowest BCUT2D eigenvalue weighted by atomic mass is 10.1. The van der Waals surface area contributed by atoms with Gasteiger partial charge in [0.2, 0.25) is 11.9 Å².